The quantitative estimate of drug-likeness (QED) is 0.640. The van der Waals surface area contributed by atoms with Crippen LogP contribution in [-0.4, -0.2) is 26.0 Å². The first-order valence-corrected chi connectivity index (χ1v) is 5.75. The highest BCUT2D eigenvalue weighted by Gasteiger charge is 2.05. The predicted octanol–water partition coefficient (Wildman–Crippen LogP) is 1.31. The number of ether oxygens (including phenoxy) is 1. The largest absolute Gasteiger partial charge is 0.435 e. The van der Waals surface area contributed by atoms with E-state index in [1.165, 1.54) is 11.8 Å². The molecule has 2 heterocycles. The van der Waals surface area contributed by atoms with Gasteiger partial charge in [0.15, 0.2) is 10.9 Å². The standard InChI is InChI=1S/C9H11N5OS/c1-14-5-6(4-11-14)15-8-3-7(10)12-9(13-8)16-2/h3-5H,1-2H3,(H2,10,12,13). The SMILES string of the molecule is CSc1nc(N)cc(Oc2cnn(C)c2)n1. The summed E-state index contributed by atoms with van der Waals surface area (Å²) in [6.07, 6.45) is 5.23. The third-order valence-corrected chi connectivity index (χ3v) is 2.34. The Morgan fingerprint density at radius 2 is 2.25 bits per heavy atom. The van der Waals surface area contributed by atoms with Crippen molar-refractivity contribution in [1.29, 1.82) is 0 Å². The third kappa shape index (κ3) is 2.43. The summed E-state index contributed by atoms with van der Waals surface area (Å²) in [4.78, 5) is 8.20. The number of aromatic nitrogens is 4. The Kier molecular flexibility index (Phi) is 2.95. The molecule has 0 fully saturated rings. The summed E-state index contributed by atoms with van der Waals surface area (Å²) in [5, 5.41) is 4.57. The van der Waals surface area contributed by atoms with Crippen LogP contribution in [0.2, 0.25) is 0 Å². The molecule has 0 saturated heterocycles. The van der Waals surface area contributed by atoms with E-state index < -0.39 is 0 Å². The van der Waals surface area contributed by atoms with E-state index in [4.69, 9.17) is 10.5 Å². The van der Waals surface area contributed by atoms with Crippen molar-refractivity contribution < 1.29 is 4.74 Å². The van der Waals surface area contributed by atoms with Gasteiger partial charge in [-0.15, -0.1) is 0 Å². The Balaban J connectivity index is 2.24. The Labute approximate surface area is 96.8 Å². The minimum atomic E-state index is 0.387. The number of nitrogen functional groups attached to an aromatic ring is 1. The first kappa shape index (κ1) is 10.7. The average Bonchev–Trinajstić information content (AvgIpc) is 2.63. The lowest BCUT2D eigenvalue weighted by molar-refractivity contribution is 0.455. The summed E-state index contributed by atoms with van der Waals surface area (Å²) in [5.74, 6) is 1.43. The number of nitrogens with two attached hydrogens (primary N) is 1. The monoisotopic (exact) mass is 237 g/mol. The molecule has 0 unspecified atom stereocenters. The van der Waals surface area contributed by atoms with Crippen LogP contribution in [-0.2, 0) is 7.05 Å². The van der Waals surface area contributed by atoms with Gasteiger partial charge in [-0.3, -0.25) is 4.68 Å². The molecular weight excluding hydrogens is 226 g/mol. The molecule has 7 heteroatoms. The van der Waals surface area contributed by atoms with Gasteiger partial charge in [0, 0.05) is 13.1 Å². The van der Waals surface area contributed by atoms with E-state index in [-0.39, 0.29) is 0 Å². The molecular formula is C9H11N5OS. The van der Waals surface area contributed by atoms with Gasteiger partial charge >= 0.3 is 0 Å². The highest BCUT2D eigenvalue weighted by molar-refractivity contribution is 7.98. The number of nitrogens with zero attached hydrogens (tertiary/aromatic N) is 4. The molecule has 6 nitrogen and oxygen atoms in total. The molecule has 0 atom stereocenters. The maximum Gasteiger partial charge on any atom is 0.225 e. The van der Waals surface area contributed by atoms with E-state index in [2.05, 4.69) is 15.1 Å². The van der Waals surface area contributed by atoms with Crippen LogP contribution < -0.4 is 10.5 Å². The molecule has 0 aliphatic heterocycles. The van der Waals surface area contributed by atoms with Crippen LogP contribution in [0, 0.1) is 0 Å². The van der Waals surface area contributed by atoms with Crippen LogP contribution in [0.1, 0.15) is 0 Å². The van der Waals surface area contributed by atoms with E-state index >= 15 is 0 Å². The summed E-state index contributed by atoms with van der Waals surface area (Å²) < 4.78 is 7.14. The Morgan fingerprint density at radius 1 is 1.44 bits per heavy atom. The zero-order chi connectivity index (χ0) is 11.5. The maximum absolute atomic E-state index is 5.63. The fourth-order valence-electron chi connectivity index (χ4n) is 1.14. The van der Waals surface area contributed by atoms with Gasteiger partial charge in [-0.2, -0.15) is 10.1 Å². The molecule has 2 aromatic rings. The lowest BCUT2D eigenvalue weighted by Crippen LogP contribution is -1.96. The first-order chi connectivity index (χ1) is 7.67. The zero-order valence-corrected chi connectivity index (χ0v) is 9.73. The molecule has 0 aliphatic rings. The minimum absolute atomic E-state index is 0.387. The van der Waals surface area contributed by atoms with Gasteiger partial charge in [0.2, 0.25) is 5.88 Å². The molecule has 0 spiro atoms. The van der Waals surface area contributed by atoms with Crippen molar-refractivity contribution in [3.05, 3.63) is 18.5 Å². The van der Waals surface area contributed by atoms with Crippen LogP contribution in [0.4, 0.5) is 5.82 Å². The van der Waals surface area contributed by atoms with Crippen molar-refractivity contribution >= 4 is 17.6 Å². The normalized spacial score (nSPS) is 10.4. The molecule has 16 heavy (non-hydrogen) atoms. The van der Waals surface area contributed by atoms with Gasteiger partial charge in [-0.1, -0.05) is 11.8 Å². The summed E-state index contributed by atoms with van der Waals surface area (Å²) >= 11 is 1.41. The average molecular weight is 237 g/mol. The summed E-state index contributed by atoms with van der Waals surface area (Å²) in [5.41, 5.74) is 5.63. The lowest BCUT2D eigenvalue weighted by atomic mass is 10.5. The first-order valence-electron chi connectivity index (χ1n) is 4.52. The van der Waals surface area contributed by atoms with Crippen LogP contribution in [0.15, 0.2) is 23.6 Å². The Morgan fingerprint density at radius 3 is 2.88 bits per heavy atom. The van der Waals surface area contributed by atoms with E-state index in [0.717, 1.165) is 0 Å². The fraction of sp³-hybridized carbons (Fsp3) is 0.222. The highest BCUT2D eigenvalue weighted by atomic mass is 32.2. The van der Waals surface area contributed by atoms with Gasteiger partial charge < -0.3 is 10.5 Å². The van der Waals surface area contributed by atoms with Crippen molar-refractivity contribution in [2.24, 2.45) is 7.05 Å². The van der Waals surface area contributed by atoms with Crippen molar-refractivity contribution in [1.82, 2.24) is 19.7 Å². The molecule has 0 aliphatic carbocycles. The molecule has 2 aromatic heterocycles. The fourth-order valence-corrected chi connectivity index (χ4v) is 1.51. The number of hydrogen-bond acceptors (Lipinski definition) is 6. The van der Waals surface area contributed by atoms with E-state index in [1.807, 2.05) is 13.3 Å². The molecule has 84 valence electrons. The second-order valence-electron chi connectivity index (χ2n) is 3.07. The number of aryl methyl sites for hydroxylation is 1. The Bertz CT molecular complexity index is 498. The second kappa shape index (κ2) is 4.40. The van der Waals surface area contributed by atoms with Crippen molar-refractivity contribution in [2.45, 2.75) is 5.16 Å². The third-order valence-electron chi connectivity index (χ3n) is 1.79. The number of thioether (sulfide) groups is 1. The topological polar surface area (TPSA) is 78.9 Å². The molecule has 0 saturated carbocycles. The summed E-state index contributed by atoms with van der Waals surface area (Å²) in [6.45, 7) is 0. The van der Waals surface area contributed by atoms with Gasteiger partial charge in [0.05, 0.1) is 12.4 Å². The number of hydrogen-bond donors (Lipinski definition) is 1. The van der Waals surface area contributed by atoms with E-state index in [1.54, 1.807) is 23.1 Å². The lowest BCUT2D eigenvalue weighted by Gasteiger charge is -2.03. The minimum Gasteiger partial charge on any atom is -0.435 e. The van der Waals surface area contributed by atoms with E-state index in [0.29, 0.717) is 22.6 Å². The van der Waals surface area contributed by atoms with Crippen molar-refractivity contribution in [3.8, 4) is 11.6 Å². The van der Waals surface area contributed by atoms with Crippen molar-refractivity contribution in [3.63, 3.8) is 0 Å². The maximum atomic E-state index is 5.63. The number of rotatable bonds is 3. The number of anilines is 1. The van der Waals surface area contributed by atoms with Crippen LogP contribution in [0.5, 0.6) is 11.6 Å². The summed E-state index contributed by atoms with van der Waals surface area (Å²) in [7, 11) is 1.81. The predicted molar refractivity (Wildman–Crippen MR) is 61.5 cm³/mol. The molecule has 2 rings (SSSR count). The molecule has 0 bridgehead atoms. The smallest absolute Gasteiger partial charge is 0.225 e. The molecule has 2 N–H and O–H groups in total. The second-order valence-corrected chi connectivity index (χ2v) is 3.84. The molecule has 0 aromatic carbocycles. The van der Waals surface area contributed by atoms with Crippen LogP contribution in [0.25, 0.3) is 0 Å². The van der Waals surface area contributed by atoms with Crippen LogP contribution >= 0.6 is 11.8 Å². The van der Waals surface area contributed by atoms with Gasteiger partial charge in [0.1, 0.15) is 5.82 Å². The van der Waals surface area contributed by atoms with Crippen LogP contribution in [0.3, 0.4) is 0 Å². The highest BCUT2D eigenvalue weighted by Crippen LogP contribution is 2.22. The molecule has 0 radical (unpaired) electrons. The van der Waals surface area contributed by atoms with E-state index in [9.17, 15) is 0 Å². The van der Waals surface area contributed by atoms with Crippen molar-refractivity contribution in [2.75, 3.05) is 12.0 Å². The molecule has 0 amide bonds. The van der Waals surface area contributed by atoms with Gasteiger partial charge in [-0.05, 0) is 6.26 Å². The Hall–Kier alpha value is -1.76. The summed E-state index contributed by atoms with van der Waals surface area (Å²) in [6, 6.07) is 1.58. The zero-order valence-electron chi connectivity index (χ0n) is 8.91. The van der Waals surface area contributed by atoms with Gasteiger partial charge in [-0.25, -0.2) is 4.98 Å². The van der Waals surface area contributed by atoms with Gasteiger partial charge in [0.25, 0.3) is 0 Å².